The van der Waals surface area contributed by atoms with Gasteiger partial charge in [-0.15, -0.1) is 10.2 Å². The Labute approximate surface area is 137 Å². The average molecular weight is 319 g/mol. The molecule has 2 aromatic carbocycles. The third kappa shape index (κ3) is 2.89. The minimum absolute atomic E-state index is 0.589. The molecule has 1 N–H and O–H groups in total. The van der Waals surface area contributed by atoms with E-state index in [0.29, 0.717) is 6.54 Å². The molecule has 6 heteroatoms. The van der Waals surface area contributed by atoms with Crippen molar-refractivity contribution in [2.75, 3.05) is 5.32 Å². The van der Waals surface area contributed by atoms with E-state index in [1.807, 2.05) is 54.6 Å². The van der Waals surface area contributed by atoms with Crippen LogP contribution in [0.3, 0.4) is 0 Å². The molecule has 0 unspecified atom stereocenters. The number of hydrogen-bond donors (Lipinski definition) is 1. The summed E-state index contributed by atoms with van der Waals surface area (Å²) in [5, 5.41) is 14.7. The summed E-state index contributed by atoms with van der Waals surface area (Å²) in [4.78, 5) is 8.59. The van der Waals surface area contributed by atoms with Crippen LogP contribution in [0.25, 0.3) is 21.5 Å². The van der Waals surface area contributed by atoms with Crippen molar-refractivity contribution in [1.29, 1.82) is 0 Å². The zero-order valence-corrected chi connectivity index (χ0v) is 13.0. The van der Waals surface area contributed by atoms with Gasteiger partial charge >= 0.3 is 0 Å². The molecule has 0 aliphatic rings. The van der Waals surface area contributed by atoms with Crippen LogP contribution in [0.1, 0.15) is 5.01 Å². The first-order chi connectivity index (χ1) is 11.4. The van der Waals surface area contributed by atoms with Crippen LogP contribution >= 0.6 is 11.3 Å². The van der Waals surface area contributed by atoms with E-state index in [1.54, 1.807) is 17.7 Å². The van der Waals surface area contributed by atoms with Gasteiger partial charge in [0.25, 0.3) is 0 Å². The average Bonchev–Trinajstić information content (AvgIpc) is 3.10. The van der Waals surface area contributed by atoms with Crippen molar-refractivity contribution in [2.45, 2.75) is 6.54 Å². The van der Waals surface area contributed by atoms with Crippen LogP contribution in [0.2, 0.25) is 0 Å². The van der Waals surface area contributed by atoms with Crippen molar-refractivity contribution < 1.29 is 0 Å². The molecule has 0 aliphatic carbocycles. The molecule has 0 radical (unpaired) electrons. The van der Waals surface area contributed by atoms with Gasteiger partial charge in [-0.25, -0.2) is 9.97 Å². The van der Waals surface area contributed by atoms with Gasteiger partial charge in [0.05, 0.1) is 12.1 Å². The van der Waals surface area contributed by atoms with Crippen molar-refractivity contribution >= 4 is 28.1 Å². The van der Waals surface area contributed by atoms with Crippen molar-refractivity contribution in [3.63, 3.8) is 0 Å². The van der Waals surface area contributed by atoms with Gasteiger partial charge in [-0.05, 0) is 12.1 Å². The fourth-order valence-electron chi connectivity index (χ4n) is 2.33. The standard InChI is InChI=1S/C17H13N5S/c1-2-6-12(7-3-1)17-22-21-15(23-17)10-18-16-13-8-4-5-9-14(13)19-11-20-16/h1-9,11H,10H2,(H,18,19,20). The summed E-state index contributed by atoms with van der Waals surface area (Å²) >= 11 is 1.58. The molecule has 23 heavy (non-hydrogen) atoms. The summed E-state index contributed by atoms with van der Waals surface area (Å²) in [6.07, 6.45) is 1.57. The van der Waals surface area contributed by atoms with Crippen molar-refractivity contribution in [2.24, 2.45) is 0 Å². The molecule has 112 valence electrons. The summed E-state index contributed by atoms with van der Waals surface area (Å²) < 4.78 is 0. The number of hydrogen-bond acceptors (Lipinski definition) is 6. The van der Waals surface area contributed by atoms with E-state index in [0.717, 1.165) is 32.3 Å². The molecular weight excluding hydrogens is 306 g/mol. The van der Waals surface area contributed by atoms with E-state index in [4.69, 9.17) is 0 Å². The van der Waals surface area contributed by atoms with E-state index in [1.165, 1.54) is 0 Å². The maximum Gasteiger partial charge on any atom is 0.147 e. The number of aromatic nitrogens is 4. The van der Waals surface area contributed by atoms with Gasteiger partial charge in [0, 0.05) is 10.9 Å². The highest BCUT2D eigenvalue weighted by molar-refractivity contribution is 7.14. The molecule has 4 aromatic rings. The van der Waals surface area contributed by atoms with Gasteiger partial charge in [0.15, 0.2) is 0 Å². The van der Waals surface area contributed by atoms with E-state index in [9.17, 15) is 0 Å². The van der Waals surface area contributed by atoms with Crippen molar-refractivity contribution in [3.8, 4) is 10.6 Å². The Morgan fingerprint density at radius 2 is 1.70 bits per heavy atom. The fourth-order valence-corrected chi connectivity index (χ4v) is 3.11. The third-order valence-corrected chi connectivity index (χ3v) is 4.41. The normalized spacial score (nSPS) is 10.8. The van der Waals surface area contributed by atoms with Gasteiger partial charge in [0.1, 0.15) is 22.2 Å². The Morgan fingerprint density at radius 3 is 2.61 bits per heavy atom. The second-order valence-electron chi connectivity index (χ2n) is 4.96. The minimum Gasteiger partial charge on any atom is -0.363 e. The molecule has 0 amide bonds. The molecule has 2 heterocycles. The second kappa shape index (κ2) is 6.10. The lowest BCUT2D eigenvalue weighted by Gasteiger charge is -2.05. The maximum atomic E-state index is 4.32. The monoisotopic (exact) mass is 319 g/mol. The van der Waals surface area contributed by atoms with Crippen LogP contribution in [0.15, 0.2) is 60.9 Å². The SMILES string of the molecule is c1ccc(-c2nnc(CNc3ncnc4ccccc34)s2)cc1. The van der Waals surface area contributed by atoms with Crippen LogP contribution in [0.4, 0.5) is 5.82 Å². The first-order valence-electron chi connectivity index (χ1n) is 7.21. The molecule has 0 fully saturated rings. The van der Waals surface area contributed by atoms with E-state index < -0.39 is 0 Å². The number of nitrogens with one attached hydrogen (secondary N) is 1. The maximum absolute atomic E-state index is 4.32. The molecule has 5 nitrogen and oxygen atoms in total. The van der Waals surface area contributed by atoms with Crippen LogP contribution in [-0.2, 0) is 6.54 Å². The van der Waals surface area contributed by atoms with E-state index in [2.05, 4.69) is 25.5 Å². The zero-order chi connectivity index (χ0) is 15.5. The Hall–Kier alpha value is -2.86. The van der Waals surface area contributed by atoms with Crippen LogP contribution in [0.5, 0.6) is 0 Å². The highest BCUT2D eigenvalue weighted by atomic mass is 32.1. The molecule has 0 aliphatic heterocycles. The molecule has 0 spiro atoms. The lowest BCUT2D eigenvalue weighted by atomic mass is 10.2. The number of para-hydroxylation sites is 1. The first-order valence-corrected chi connectivity index (χ1v) is 8.03. The smallest absolute Gasteiger partial charge is 0.147 e. The summed E-state index contributed by atoms with van der Waals surface area (Å²) in [7, 11) is 0. The summed E-state index contributed by atoms with van der Waals surface area (Å²) in [5.74, 6) is 0.812. The third-order valence-electron chi connectivity index (χ3n) is 3.44. The predicted octanol–water partition coefficient (Wildman–Crippen LogP) is 3.76. The van der Waals surface area contributed by atoms with Crippen LogP contribution in [0, 0.1) is 0 Å². The molecule has 0 atom stereocenters. The largest absolute Gasteiger partial charge is 0.363 e. The van der Waals surface area contributed by atoms with Gasteiger partial charge in [0.2, 0.25) is 0 Å². The number of fused-ring (bicyclic) bond motifs is 1. The Bertz CT molecular complexity index is 931. The first kappa shape index (κ1) is 13.8. The highest BCUT2D eigenvalue weighted by Crippen LogP contribution is 2.24. The quantitative estimate of drug-likeness (QED) is 0.620. The molecule has 0 bridgehead atoms. The van der Waals surface area contributed by atoms with Gasteiger partial charge in [-0.1, -0.05) is 53.8 Å². The molecular formula is C17H13N5S. The number of rotatable bonds is 4. The summed E-state index contributed by atoms with van der Waals surface area (Å²) in [5.41, 5.74) is 2.01. The Balaban J connectivity index is 1.54. The molecule has 0 saturated heterocycles. The molecule has 4 rings (SSSR count). The van der Waals surface area contributed by atoms with Gasteiger partial charge < -0.3 is 5.32 Å². The minimum atomic E-state index is 0.589. The number of anilines is 1. The molecule has 0 saturated carbocycles. The lowest BCUT2D eigenvalue weighted by molar-refractivity contribution is 0.985. The van der Waals surface area contributed by atoms with Crippen molar-refractivity contribution in [1.82, 2.24) is 20.2 Å². The molecule has 2 aromatic heterocycles. The summed E-state index contributed by atoms with van der Waals surface area (Å²) in [6, 6.07) is 18.0. The number of benzene rings is 2. The highest BCUT2D eigenvalue weighted by Gasteiger charge is 2.07. The Kier molecular flexibility index (Phi) is 3.65. The van der Waals surface area contributed by atoms with Crippen LogP contribution in [-0.4, -0.2) is 20.2 Å². The topological polar surface area (TPSA) is 63.6 Å². The lowest BCUT2D eigenvalue weighted by Crippen LogP contribution is -2.02. The Morgan fingerprint density at radius 1 is 0.870 bits per heavy atom. The van der Waals surface area contributed by atoms with E-state index >= 15 is 0 Å². The van der Waals surface area contributed by atoms with E-state index in [-0.39, 0.29) is 0 Å². The summed E-state index contributed by atoms with van der Waals surface area (Å²) in [6.45, 7) is 0.589. The van der Waals surface area contributed by atoms with Crippen LogP contribution < -0.4 is 5.32 Å². The fraction of sp³-hybridized carbons (Fsp3) is 0.0588. The van der Waals surface area contributed by atoms with Crippen molar-refractivity contribution in [3.05, 3.63) is 65.9 Å². The zero-order valence-electron chi connectivity index (χ0n) is 12.2. The number of nitrogens with zero attached hydrogens (tertiary/aromatic N) is 4. The van der Waals surface area contributed by atoms with Gasteiger partial charge in [-0.3, -0.25) is 0 Å². The predicted molar refractivity (Wildman–Crippen MR) is 92.2 cm³/mol. The second-order valence-corrected chi connectivity index (χ2v) is 6.02. The van der Waals surface area contributed by atoms with Gasteiger partial charge in [-0.2, -0.15) is 0 Å².